The topological polar surface area (TPSA) is 105 Å². The van der Waals surface area contributed by atoms with E-state index >= 15 is 0 Å². The van der Waals surface area contributed by atoms with Crippen molar-refractivity contribution in [3.8, 4) is 0 Å². The van der Waals surface area contributed by atoms with Gasteiger partial charge in [0, 0.05) is 25.1 Å². The Morgan fingerprint density at radius 2 is 2.08 bits per heavy atom. The average molecular weight is 356 g/mol. The number of benzene rings is 1. The van der Waals surface area contributed by atoms with Crippen molar-refractivity contribution in [2.24, 2.45) is 17.6 Å². The van der Waals surface area contributed by atoms with Crippen LogP contribution in [-0.2, 0) is 22.7 Å². The van der Waals surface area contributed by atoms with Gasteiger partial charge in [0.2, 0.25) is 11.8 Å². The molecule has 2 heterocycles. The van der Waals surface area contributed by atoms with E-state index in [9.17, 15) is 14.4 Å². The molecule has 3 atom stereocenters. The maximum atomic E-state index is 12.6. The lowest BCUT2D eigenvalue weighted by molar-refractivity contribution is -0.136. The molecule has 7 heteroatoms. The highest BCUT2D eigenvalue weighted by atomic mass is 16.2. The van der Waals surface area contributed by atoms with Crippen molar-refractivity contribution < 1.29 is 14.4 Å². The van der Waals surface area contributed by atoms with Gasteiger partial charge in [-0.1, -0.05) is 12.1 Å². The molecule has 0 radical (unpaired) electrons. The van der Waals surface area contributed by atoms with Crippen LogP contribution in [0.15, 0.2) is 18.2 Å². The molecule has 26 heavy (non-hydrogen) atoms. The van der Waals surface area contributed by atoms with Crippen LogP contribution >= 0.6 is 0 Å². The Hall–Kier alpha value is -2.25. The van der Waals surface area contributed by atoms with Gasteiger partial charge in [0.25, 0.3) is 5.91 Å². The van der Waals surface area contributed by atoms with Gasteiger partial charge >= 0.3 is 0 Å². The first-order chi connectivity index (χ1) is 12.6. The molecule has 0 bridgehead atoms. The van der Waals surface area contributed by atoms with Crippen LogP contribution in [0.3, 0.4) is 0 Å². The van der Waals surface area contributed by atoms with Crippen molar-refractivity contribution in [2.45, 2.75) is 38.4 Å². The molecule has 138 valence electrons. The molecular formula is C19H24N4O3. The highest BCUT2D eigenvalue weighted by Crippen LogP contribution is 2.36. The molecule has 2 aliphatic heterocycles. The number of rotatable bonds is 6. The number of carbonyl (C=O) groups excluding carboxylic acids is 3. The van der Waals surface area contributed by atoms with Gasteiger partial charge in [-0.25, -0.2) is 0 Å². The summed E-state index contributed by atoms with van der Waals surface area (Å²) < 4.78 is 0. The van der Waals surface area contributed by atoms with Crippen LogP contribution in [0.1, 0.15) is 40.7 Å². The molecule has 3 unspecified atom stereocenters. The van der Waals surface area contributed by atoms with E-state index in [0.29, 0.717) is 30.4 Å². The zero-order valence-corrected chi connectivity index (χ0v) is 14.7. The molecule has 4 N–H and O–H groups in total. The Morgan fingerprint density at radius 1 is 1.23 bits per heavy atom. The smallest absolute Gasteiger partial charge is 0.255 e. The summed E-state index contributed by atoms with van der Waals surface area (Å²) in [7, 11) is 0. The number of imide groups is 1. The number of piperidine rings is 1. The fraction of sp³-hybridized carbons (Fsp3) is 0.526. The number of nitrogens with two attached hydrogens (primary N) is 1. The third-order valence-corrected chi connectivity index (χ3v) is 5.70. The fourth-order valence-corrected chi connectivity index (χ4v) is 3.99. The Bertz CT molecular complexity index is 763. The minimum atomic E-state index is -0.558. The van der Waals surface area contributed by atoms with Gasteiger partial charge in [-0.15, -0.1) is 0 Å². The summed E-state index contributed by atoms with van der Waals surface area (Å²) in [5, 5.41) is 5.79. The van der Waals surface area contributed by atoms with E-state index in [4.69, 9.17) is 5.73 Å². The minimum absolute atomic E-state index is 0.127. The van der Waals surface area contributed by atoms with Crippen LogP contribution in [0.4, 0.5) is 0 Å². The largest absolute Gasteiger partial charge is 0.330 e. The van der Waals surface area contributed by atoms with Crippen molar-refractivity contribution in [3.63, 3.8) is 0 Å². The van der Waals surface area contributed by atoms with Crippen molar-refractivity contribution in [3.05, 3.63) is 34.9 Å². The second-order valence-electron chi connectivity index (χ2n) is 7.51. The van der Waals surface area contributed by atoms with E-state index in [-0.39, 0.29) is 24.1 Å². The number of amides is 3. The molecule has 7 nitrogen and oxygen atoms in total. The second-order valence-corrected chi connectivity index (χ2v) is 7.51. The van der Waals surface area contributed by atoms with Crippen molar-refractivity contribution >= 4 is 17.7 Å². The van der Waals surface area contributed by atoms with Gasteiger partial charge in [-0.2, -0.15) is 0 Å². The quantitative estimate of drug-likeness (QED) is 0.629. The Labute approximate surface area is 152 Å². The number of nitrogens with zero attached hydrogens (tertiary/aromatic N) is 1. The van der Waals surface area contributed by atoms with E-state index in [2.05, 4.69) is 10.6 Å². The van der Waals surface area contributed by atoms with Gasteiger partial charge < -0.3 is 16.0 Å². The summed E-state index contributed by atoms with van der Waals surface area (Å²) in [5.41, 5.74) is 8.40. The van der Waals surface area contributed by atoms with Crippen LogP contribution in [0, 0.1) is 11.8 Å². The highest BCUT2D eigenvalue weighted by Gasteiger charge is 2.39. The van der Waals surface area contributed by atoms with Gasteiger partial charge in [-0.3, -0.25) is 19.7 Å². The zero-order chi connectivity index (χ0) is 18.3. The summed E-state index contributed by atoms with van der Waals surface area (Å²) >= 11 is 0. The molecule has 0 aromatic heterocycles. The van der Waals surface area contributed by atoms with Crippen molar-refractivity contribution in [1.82, 2.24) is 15.5 Å². The first-order valence-electron chi connectivity index (χ1n) is 9.24. The predicted molar refractivity (Wildman–Crippen MR) is 94.8 cm³/mol. The summed E-state index contributed by atoms with van der Waals surface area (Å²) in [4.78, 5) is 37.6. The second kappa shape index (κ2) is 6.81. The molecule has 4 rings (SSSR count). The third-order valence-electron chi connectivity index (χ3n) is 5.70. The Morgan fingerprint density at radius 3 is 2.81 bits per heavy atom. The van der Waals surface area contributed by atoms with Crippen molar-refractivity contribution in [1.29, 1.82) is 0 Å². The summed E-state index contributed by atoms with van der Waals surface area (Å²) in [5.74, 6) is 0.596. The monoisotopic (exact) mass is 356 g/mol. The summed E-state index contributed by atoms with van der Waals surface area (Å²) in [6.07, 6.45) is 1.88. The number of hydrogen-bond donors (Lipinski definition) is 3. The maximum Gasteiger partial charge on any atom is 0.255 e. The standard InChI is InChI=1S/C19H24N4O3/c20-7-12-6-13(12)9-21-8-11-1-2-15-14(5-11)10-23(19(15)26)16-3-4-17(24)22-18(16)25/h1-2,5,12-13,16,21H,3-4,6-10,20H2,(H,22,24,25). The lowest BCUT2D eigenvalue weighted by Gasteiger charge is -2.29. The zero-order valence-electron chi connectivity index (χ0n) is 14.7. The van der Waals surface area contributed by atoms with Gasteiger partial charge in [0.1, 0.15) is 6.04 Å². The predicted octanol–water partition coefficient (Wildman–Crippen LogP) is 0.132. The van der Waals surface area contributed by atoms with Crippen LogP contribution in [0.5, 0.6) is 0 Å². The number of hydrogen-bond acceptors (Lipinski definition) is 5. The molecule has 0 spiro atoms. The third kappa shape index (κ3) is 3.24. The molecule has 3 amide bonds. The van der Waals surface area contributed by atoms with E-state index in [1.54, 1.807) is 4.90 Å². The maximum absolute atomic E-state index is 12.6. The molecule has 3 aliphatic rings. The molecule has 1 saturated heterocycles. The number of nitrogens with one attached hydrogen (secondary N) is 2. The Kier molecular flexibility index (Phi) is 4.50. The fourth-order valence-electron chi connectivity index (χ4n) is 3.99. The minimum Gasteiger partial charge on any atom is -0.330 e. The highest BCUT2D eigenvalue weighted by molar-refractivity contribution is 6.05. The molecule has 1 aromatic rings. The molecule has 1 saturated carbocycles. The lowest BCUT2D eigenvalue weighted by atomic mass is 10.0. The normalized spacial score (nSPS) is 27.5. The van der Waals surface area contributed by atoms with Crippen molar-refractivity contribution in [2.75, 3.05) is 13.1 Å². The van der Waals surface area contributed by atoms with E-state index in [1.165, 1.54) is 6.42 Å². The van der Waals surface area contributed by atoms with Crippen LogP contribution in [0.25, 0.3) is 0 Å². The van der Waals surface area contributed by atoms with Gasteiger partial charge in [0.15, 0.2) is 0 Å². The summed E-state index contributed by atoms with van der Waals surface area (Å²) in [6.45, 7) is 2.92. The Balaban J connectivity index is 1.38. The molecule has 1 aromatic carbocycles. The molecule has 1 aliphatic carbocycles. The van der Waals surface area contributed by atoms with Gasteiger partial charge in [0.05, 0.1) is 0 Å². The lowest BCUT2D eigenvalue weighted by Crippen LogP contribution is -2.52. The first-order valence-corrected chi connectivity index (χ1v) is 9.24. The number of fused-ring (bicyclic) bond motifs is 1. The van der Waals surface area contributed by atoms with Crippen LogP contribution in [0.2, 0.25) is 0 Å². The number of carbonyl (C=O) groups is 3. The SMILES string of the molecule is NCC1CC1CNCc1ccc2c(c1)CN(C1CCC(=O)NC1=O)C2=O. The van der Waals surface area contributed by atoms with Crippen LogP contribution < -0.4 is 16.4 Å². The van der Waals surface area contributed by atoms with E-state index < -0.39 is 6.04 Å². The molecule has 2 fully saturated rings. The van der Waals surface area contributed by atoms with E-state index in [1.807, 2.05) is 18.2 Å². The van der Waals surface area contributed by atoms with E-state index in [0.717, 1.165) is 30.8 Å². The first kappa shape index (κ1) is 17.2. The van der Waals surface area contributed by atoms with Crippen LogP contribution in [-0.4, -0.2) is 41.8 Å². The summed E-state index contributed by atoms with van der Waals surface area (Å²) in [6, 6.07) is 5.29. The van der Waals surface area contributed by atoms with Gasteiger partial charge in [-0.05, 0) is 55.0 Å². The molecular weight excluding hydrogens is 332 g/mol. The average Bonchev–Trinajstić information content (AvgIpc) is 3.31.